The van der Waals surface area contributed by atoms with Crippen molar-refractivity contribution in [1.82, 2.24) is 20.1 Å². The van der Waals surface area contributed by atoms with Crippen LogP contribution in [0.4, 0.5) is 0 Å². The molecule has 1 N–H and O–H groups in total. The highest BCUT2D eigenvalue weighted by molar-refractivity contribution is 6.32. The highest BCUT2D eigenvalue weighted by Crippen LogP contribution is 2.25. The van der Waals surface area contributed by atoms with Gasteiger partial charge >= 0.3 is 0 Å². The van der Waals surface area contributed by atoms with Crippen LogP contribution in [-0.2, 0) is 12.8 Å². The van der Waals surface area contributed by atoms with E-state index in [4.69, 9.17) is 11.6 Å². The summed E-state index contributed by atoms with van der Waals surface area (Å²) in [5.74, 6) is 1.80. The standard InChI is InChI=1S/C16H23ClN4/c1-5-15-19-16(6-2)21(20-15)14-9-8-12(10-13(14)17)11(4)18-7-3/h8-11,18H,5-7H2,1-4H3. The fraction of sp³-hybridized carbons (Fsp3) is 0.500. The number of aromatic nitrogens is 3. The fourth-order valence-corrected chi connectivity index (χ4v) is 2.62. The molecule has 0 amide bonds. The summed E-state index contributed by atoms with van der Waals surface area (Å²) in [4.78, 5) is 4.53. The maximum Gasteiger partial charge on any atom is 0.151 e. The molecular weight excluding hydrogens is 284 g/mol. The van der Waals surface area contributed by atoms with E-state index in [2.05, 4.69) is 49.2 Å². The molecule has 21 heavy (non-hydrogen) atoms. The van der Waals surface area contributed by atoms with Crippen molar-refractivity contribution in [2.45, 2.75) is 46.6 Å². The molecule has 0 spiro atoms. The Labute approximate surface area is 131 Å². The predicted octanol–water partition coefficient (Wildman–Crippen LogP) is 3.72. The molecule has 1 unspecified atom stereocenters. The summed E-state index contributed by atoms with van der Waals surface area (Å²) in [6.45, 7) is 9.31. The van der Waals surface area contributed by atoms with Crippen LogP contribution in [0.1, 0.15) is 50.9 Å². The Kier molecular flexibility index (Phi) is 5.37. The van der Waals surface area contributed by atoms with Gasteiger partial charge in [0.25, 0.3) is 0 Å². The summed E-state index contributed by atoms with van der Waals surface area (Å²) in [6, 6.07) is 6.42. The zero-order valence-corrected chi connectivity index (χ0v) is 13.9. The van der Waals surface area contributed by atoms with Crippen LogP contribution in [0.3, 0.4) is 0 Å². The summed E-state index contributed by atoms with van der Waals surface area (Å²) < 4.78 is 1.86. The van der Waals surface area contributed by atoms with E-state index in [1.807, 2.05) is 16.8 Å². The Bertz CT molecular complexity index is 606. The van der Waals surface area contributed by atoms with Crippen molar-refractivity contribution in [3.63, 3.8) is 0 Å². The normalized spacial score (nSPS) is 12.6. The number of halogens is 1. The molecule has 0 saturated heterocycles. The van der Waals surface area contributed by atoms with Crippen LogP contribution >= 0.6 is 11.6 Å². The lowest BCUT2D eigenvalue weighted by Gasteiger charge is -2.15. The second-order valence-corrected chi connectivity index (χ2v) is 5.46. The summed E-state index contributed by atoms with van der Waals surface area (Å²) in [5, 5.41) is 8.65. The Morgan fingerprint density at radius 1 is 1.24 bits per heavy atom. The Morgan fingerprint density at radius 2 is 2.00 bits per heavy atom. The molecule has 0 saturated carbocycles. The zero-order chi connectivity index (χ0) is 15.4. The van der Waals surface area contributed by atoms with Gasteiger partial charge in [0.05, 0.1) is 10.7 Å². The summed E-state index contributed by atoms with van der Waals surface area (Å²) in [5.41, 5.74) is 2.08. The first-order valence-corrected chi connectivity index (χ1v) is 7.96. The third-order valence-electron chi connectivity index (χ3n) is 3.56. The number of hydrogen-bond acceptors (Lipinski definition) is 3. The number of nitrogens with one attached hydrogen (secondary N) is 1. The number of hydrogen-bond donors (Lipinski definition) is 1. The first-order chi connectivity index (χ1) is 10.1. The SMILES string of the molecule is CCNC(C)c1ccc(-n2nc(CC)nc2CC)c(Cl)c1. The average molecular weight is 307 g/mol. The Hall–Kier alpha value is -1.39. The molecule has 0 radical (unpaired) electrons. The number of rotatable bonds is 6. The lowest BCUT2D eigenvalue weighted by molar-refractivity contribution is 0.598. The van der Waals surface area contributed by atoms with Gasteiger partial charge in [-0.15, -0.1) is 0 Å². The first-order valence-electron chi connectivity index (χ1n) is 7.58. The quantitative estimate of drug-likeness (QED) is 0.884. The maximum atomic E-state index is 6.47. The van der Waals surface area contributed by atoms with E-state index in [1.54, 1.807) is 0 Å². The molecule has 2 rings (SSSR count). The minimum Gasteiger partial charge on any atom is -0.310 e. The molecule has 0 aliphatic carbocycles. The molecule has 0 fully saturated rings. The molecule has 0 bridgehead atoms. The number of benzene rings is 1. The van der Waals surface area contributed by atoms with Gasteiger partial charge in [-0.3, -0.25) is 0 Å². The van der Waals surface area contributed by atoms with Crippen molar-refractivity contribution in [2.75, 3.05) is 6.54 Å². The van der Waals surface area contributed by atoms with E-state index in [0.717, 1.165) is 36.7 Å². The van der Waals surface area contributed by atoms with E-state index < -0.39 is 0 Å². The van der Waals surface area contributed by atoms with Gasteiger partial charge in [0, 0.05) is 18.9 Å². The van der Waals surface area contributed by atoms with Crippen molar-refractivity contribution >= 4 is 11.6 Å². The van der Waals surface area contributed by atoms with Crippen LogP contribution in [0, 0.1) is 0 Å². The Morgan fingerprint density at radius 3 is 2.57 bits per heavy atom. The molecular formula is C16H23ClN4. The van der Waals surface area contributed by atoms with Gasteiger partial charge in [-0.2, -0.15) is 5.10 Å². The van der Waals surface area contributed by atoms with Crippen molar-refractivity contribution < 1.29 is 0 Å². The molecule has 1 aromatic carbocycles. The molecule has 5 heteroatoms. The molecule has 2 aromatic rings. The molecule has 0 aliphatic rings. The lowest BCUT2D eigenvalue weighted by Crippen LogP contribution is -2.17. The predicted molar refractivity (Wildman–Crippen MR) is 87.2 cm³/mol. The van der Waals surface area contributed by atoms with Crippen LogP contribution in [-0.4, -0.2) is 21.3 Å². The largest absolute Gasteiger partial charge is 0.310 e. The van der Waals surface area contributed by atoms with Crippen molar-refractivity contribution in [2.24, 2.45) is 0 Å². The van der Waals surface area contributed by atoms with Crippen LogP contribution < -0.4 is 5.32 Å². The highest BCUT2D eigenvalue weighted by Gasteiger charge is 2.13. The first kappa shape index (κ1) is 16.0. The van der Waals surface area contributed by atoms with Crippen molar-refractivity contribution in [3.8, 4) is 5.69 Å². The topological polar surface area (TPSA) is 42.7 Å². The second-order valence-electron chi connectivity index (χ2n) is 5.05. The molecule has 1 heterocycles. The van der Waals surface area contributed by atoms with Crippen LogP contribution in [0.25, 0.3) is 5.69 Å². The van der Waals surface area contributed by atoms with Gasteiger partial charge in [-0.05, 0) is 31.2 Å². The zero-order valence-electron chi connectivity index (χ0n) is 13.2. The molecule has 1 atom stereocenters. The van der Waals surface area contributed by atoms with E-state index >= 15 is 0 Å². The Balaban J connectivity index is 2.39. The van der Waals surface area contributed by atoms with Crippen LogP contribution in [0.5, 0.6) is 0 Å². The van der Waals surface area contributed by atoms with Gasteiger partial charge < -0.3 is 5.32 Å². The van der Waals surface area contributed by atoms with Crippen molar-refractivity contribution in [1.29, 1.82) is 0 Å². The minimum atomic E-state index is 0.286. The van der Waals surface area contributed by atoms with Gasteiger partial charge in [-0.1, -0.05) is 38.4 Å². The second kappa shape index (κ2) is 7.05. The van der Waals surface area contributed by atoms with E-state index in [9.17, 15) is 0 Å². The molecule has 0 aliphatic heterocycles. The van der Waals surface area contributed by atoms with Crippen LogP contribution in [0.2, 0.25) is 5.02 Å². The highest BCUT2D eigenvalue weighted by atomic mass is 35.5. The maximum absolute atomic E-state index is 6.47. The fourth-order valence-electron chi connectivity index (χ4n) is 2.35. The summed E-state index contributed by atoms with van der Waals surface area (Å²) in [6.07, 6.45) is 1.66. The molecule has 1 aromatic heterocycles. The number of nitrogens with zero attached hydrogens (tertiary/aromatic N) is 3. The van der Waals surface area contributed by atoms with Crippen molar-refractivity contribution in [3.05, 3.63) is 40.4 Å². The van der Waals surface area contributed by atoms with Gasteiger partial charge in [0.1, 0.15) is 5.82 Å². The van der Waals surface area contributed by atoms with Gasteiger partial charge in [0.2, 0.25) is 0 Å². The van der Waals surface area contributed by atoms with Gasteiger partial charge in [0.15, 0.2) is 5.82 Å². The smallest absolute Gasteiger partial charge is 0.151 e. The van der Waals surface area contributed by atoms with E-state index in [1.165, 1.54) is 5.56 Å². The summed E-state index contributed by atoms with van der Waals surface area (Å²) in [7, 11) is 0. The minimum absolute atomic E-state index is 0.286. The average Bonchev–Trinajstić information content (AvgIpc) is 2.90. The third kappa shape index (κ3) is 3.44. The van der Waals surface area contributed by atoms with Crippen LogP contribution in [0.15, 0.2) is 18.2 Å². The summed E-state index contributed by atoms with van der Waals surface area (Å²) >= 11 is 6.47. The lowest BCUT2D eigenvalue weighted by atomic mass is 10.1. The molecule has 114 valence electrons. The van der Waals surface area contributed by atoms with E-state index in [-0.39, 0.29) is 6.04 Å². The van der Waals surface area contributed by atoms with E-state index in [0.29, 0.717) is 5.02 Å². The van der Waals surface area contributed by atoms with Gasteiger partial charge in [-0.25, -0.2) is 9.67 Å². The molecule has 4 nitrogen and oxygen atoms in total. The number of aryl methyl sites for hydroxylation is 2. The monoisotopic (exact) mass is 306 g/mol. The third-order valence-corrected chi connectivity index (χ3v) is 3.86.